The van der Waals surface area contributed by atoms with E-state index in [0.717, 1.165) is 17.4 Å². The van der Waals surface area contributed by atoms with Gasteiger partial charge in [0.1, 0.15) is 0 Å². The summed E-state index contributed by atoms with van der Waals surface area (Å²) in [6, 6.07) is 8.45. The fourth-order valence-electron chi connectivity index (χ4n) is 1.36. The summed E-state index contributed by atoms with van der Waals surface area (Å²) in [4.78, 5) is 4.51. The van der Waals surface area contributed by atoms with Gasteiger partial charge < -0.3 is 5.32 Å². The molecule has 2 rings (SSSR count). The lowest BCUT2D eigenvalue weighted by Gasteiger charge is -1.97. The van der Waals surface area contributed by atoms with Crippen molar-refractivity contribution in [1.82, 2.24) is 4.98 Å². The van der Waals surface area contributed by atoms with Crippen LogP contribution in [0.1, 0.15) is 12.5 Å². The predicted octanol–water partition coefficient (Wildman–Crippen LogP) is 3.55. The normalized spacial score (nSPS) is 10.3. The third kappa shape index (κ3) is 2.36. The van der Waals surface area contributed by atoms with Gasteiger partial charge in [0, 0.05) is 17.5 Å². The van der Waals surface area contributed by atoms with E-state index < -0.39 is 0 Å². The van der Waals surface area contributed by atoms with Crippen molar-refractivity contribution in [2.45, 2.75) is 13.8 Å². The highest BCUT2D eigenvalue weighted by molar-refractivity contribution is 7.14. The molecule has 0 spiro atoms. The third-order valence-corrected chi connectivity index (χ3v) is 2.98. The van der Waals surface area contributed by atoms with Gasteiger partial charge in [-0.05, 0) is 13.8 Å². The second kappa shape index (κ2) is 4.45. The van der Waals surface area contributed by atoms with Crippen LogP contribution in [0, 0.1) is 6.92 Å². The van der Waals surface area contributed by atoms with Crippen molar-refractivity contribution in [3.8, 4) is 11.3 Å². The van der Waals surface area contributed by atoms with Crippen LogP contribution in [0.5, 0.6) is 0 Å². The van der Waals surface area contributed by atoms with Gasteiger partial charge in [-0.1, -0.05) is 29.8 Å². The minimum atomic E-state index is 0.918. The second-order valence-electron chi connectivity index (χ2n) is 3.43. The van der Waals surface area contributed by atoms with Crippen LogP contribution in [0.4, 0.5) is 5.13 Å². The molecule has 15 heavy (non-hydrogen) atoms. The monoisotopic (exact) mass is 218 g/mol. The Morgan fingerprint density at radius 2 is 2.00 bits per heavy atom. The topological polar surface area (TPSA) is 24.9 Å². The van der Waals surface area contributed by atoms with Crippen LogP contribution < -0.4 is 5.32 Å². The van der Waals surface area contributed by atoms with Crippen LogP contribution >= 0.6 is 11.3 Å². The van der Waals surface area contributed by atoms with E-state index in [4.69, 9.17) is 0 Å². The molecule has 78 valence electrons. The molecule has 2 aromatic rings. The molecule has 1 aromatic heterocycles. The molecule has 0 unspecified atom stereocenters. The van der Waals surface area contributed by atoms with E-state index in [1.54, 1.807) is 11.3 Å². The standard InChI is InChI=1S/C12H14N2S/c1-3-13-12-14-11(8-15-12)10-6-4-9(2)5-7-10/h4-8H,3H2,1-2H3,(H,13,14). The van der Waals surface area contributed by atoms with Crippen molar-refractivity contribution in [3.05, 3.63) is 35.2 Å². The van der Waals surface area contributed by atoms with Gasteiger partial charge in [0.2, 0.25) is 0 Å². The second-order valence-corrected chi connectivity index (χ2v) is 4.29. The van der Waals surface area contributed by atoms with E-state index in [0.29, 0.717) is 0 Å². The van der Waals surface area contributed by atoms with Gasteiger partial charge in [0.15, 0.2) is 5.13 Å². The van der Waals surface area contributed by atoms with Crippen molar-refractivity contribution in [2.24, 2.45) is 0 Å². The number of anilines is 1. The molecule has 1 heterocycles. The number of thiazole rings is 1. The Bertz CT molecular complexity index is 431. The Labute approximate surface area is 94.0 Å². The maximum Gasteiger partial charge on any atom is 0.183 e. The molecule has 0 aliphatic carbocycles. The zero-order chi connectivity index (χ0) is 10.7. The van der Waals surface area contributed by atoms with Crippen LogP contribution in [0.25, 0.3) is 11.3 Å². The summed E-state index contributed by atoms with van der Waals surface area (Å²) < 4.78 is 0. The zero-order valence-corrected chi connectivity index (χ0v) is 9.77. The van der Waals surface area contributed by atoms with Crippen molar-refractivity contribution >= 4 is 16.5 Å². The Kier molecular flexibility index (Phi) is 3.02. The predicted molar refractivity (Wildman–Crippen MR) is 66.5 cm³/mol. The molecule has 0 aliphatic rings. The summed E-state index contributed by atoms with van der Waals surface area (Å²) in [7, 11) is 0. The first kappa shape index (κ1) is 10.2. The van der Waals surface area contributed by atoms with Gasteiger partial charge in [-0.15, -0.1) is 11.3 Å². The molecule has 0 amide bonds. The first-order valence-corrected chi connectivity index (χ1v) is 5.94. The van der Waals surface area contributed by atoms with Crippen LogP contribution in [-0.2, 0) is 0 Å². The van der Waals surface area contributed by atoms with Crippen molar-refractivity contribution in [1.29, 1.82) is 0 Å². The first-order chi connectivity index (χ1) is 7.29. The molecule has 0 radical (unpaired) electrons. The fourth-order valence-corrected chi connectivity index (χ4v) is 2.15. The SMILES string of the molecule is CCNc1nc(-c2ccc(C)cc2)cs1. The average Bonchev–Trinajstić information content (AvgIpc) is 2.68. The Hall–Kier alpha value is -1.35. The quantitative estimate of drug-likeness (QED) is 0.852. The molecule has 2 nitrogen and oxygen atoms in total. The lowest BCUT2D eigenvalue weighted by Crippen LogP contribution is -1.94. The summed E-state index contributed by atoms with van der Waals surface area (Å²) in [6.07, 6.45) is 0. The van der Waals surface area contributed by atoms with E-state index >= 15 is 0 Å². The molecular weight excluding hydrogens is 204 g/mol. The van der Waals surface area contributed by atoms with E-state index in [1.807, 2.05) is 0 Å². The first-order valence-electron chi connectivity index (χ1n) is 5.06. The number of hydrogen-bond donors (Lipinski definition) is 1. The van der Waals surface area contributed by atoms with Gasteiger partial charge in [-0.3, -0.25) is 0 Å². The van der Waals surface area contributed by atoms with E-state index in [9.17, 15) is 0 Å². The summed E-state index contributed by atoms with van der Waals surface area (Å²) in [5, 5.41) is 6.30. The molecule has 0 saturated carbocycles. The molecular formula is C12H14N2S. The van der Waals surface area contributed by atoms with E-state index in [-0.39, 0.29) is 0 Å². The van der Waals surface area contributed by atoms with Crippen LogP contribution in [0.2, 0.25) is 0 Å². The molecule has 1 aromatic carbocycles. The number of rotatable bonds is 3. The van der Waals surface area contributed by atoms with E-state index in [1.165, 1.54) is 11.1 Å². The Morgan fingerprint density at radius 1 is 1.27 bits per heavy atom. The average molecular weight is 218 g/mol. The number of nitrogens with zero attached hydrogens (tertiary/aromatic N) is 1. The van der Waals surface area contributed by atoms with Crippen LogP contribution in [0.15, 0.2) is 29.6 Å². The molecule has 1 N–H and O–H groups in total. The number of benzene rings is 1. The molecule has 0 bridgehead atoms. The molecule has 0 saturated heterocycles. The summed E-state index contributed by atoms with van der Waals surface area (Å²) in [5.74, 6) is 0. The van der Waals surface area contributed by atoms with Crippen LogP contribution in [-0.4, -0.2) is 11.5 Å². The van der Waals surface area contributed by atoms with Gasteiger partial charge in [-0.2, -0.15) is 0 Å². The summed E-state index contributed by atoms with van der Waals surface area (Å²) >= 11 is 1.65. The highest BCUT2D eigenvalue weighted by atomic mass is 32.1. The number of hydrogen-bond acceptors (Lipinski definition) is 3. The number of aromatic nitrogens is 1. The summed E-state index contributed by atoms with van der Waals surface area (Å²) in [6.45, 7) is 5.09. The Morgan fingerprint density at radius 3 is 2.67 bits per heavy atom. The van der Waals surface area contributed by atoms with Gasteiger partial charge in [0.25, 0.3) is 0 Å². The number of nitrogens with one attached hydrogen (secondary N) is 1. The van der Waals surface area contributed by atoms with Crippen molar-refractivity contribution in [2.75, 3.05) is 11.9 Å². The smallest absolute Gasteiger partial charge is 0.183 e. The van der Waals surface area contributed by atoms with Gasteiger partial charge in [0.05, 0.1) is 5.69 Å². The van der Waals surface area contributed by atoms with E-state index in [2.05, 4.69) is 53.8 Å². The zero-order valence-electron chi connectivity index (χ0n) is 8.95. The molecule has 0 fully saturated rings. The summed E-state index contributed by atoms with van der Waals surface area (Å²) in [5.41, 5.74) is 3.51. The highest BCUT2D eigenvalue weighted by Gasteiger charge is 2.02. The molecule has 0 atom stereocenters. The van der Waals surface area contributed by atoms with Crippen LogP contribution in [0.3, 0.4) is 0 Å². The van der Waals surface area contributed by atoms with Gasteiger partial charge in [-0.25, -0.2) is 4.98 Å². The fraction of sp³-hybridized carbons (Fsp3) is 0.250. The van der Waals surface area contributed by atoms with Gasteiger partial charge >= 0.3 is 0 Å². The number of aryl methyl sites for hydroxylation is 1. The minimum Gasteiger partial charge on any atom is -0.362 e. The van der Waals surface area contributed by atoms with Crippen molar-refractivity contribution < 1.29 is 0 Å². The largest absolute Gasteiger partial charge is 0.362 e. The maximum atomic E-state index is 4.51. The Balaban J connectivity index is 2.25. The molecule has 0 aliphatic heterocycles. The molecule has 3 heteroatoms. The maximum absolute atomic E-state index is 4.51. The highest BCUT2D eigenvalue weighted by Crippen LogP contribution is 2.24. The third-order valence-electron chi connectivity index (χ3n) is 2.18. The lowest BCUT2D eigenvalue weighted by atomic mass is 10.1. The minimum absolute atomic E-state index is 0.918. The lowest BCUT2D eigenvalue weighted by molar-refractivity contribution is 1.19. The van der Waals surface area contributed by atoms with Crippen molar-refractivity contribution in [3.63, 3.8) is 0 Å².